The summed E-state index contributed by atoms with van der Waals surface area (Å²) in [5, 5.41) is 0. The van der Waals surface area contributed by atoms with Crippen LogP contribution in [0.2, 0.25) is 0 Å². The van der Waals surface area contributed by atoms with Crippen LogP contribution in [0.5, 0.6) is 0 Å². The molecule has 0 unspecified atom stereocenters. The number of amides is 1. The minimum Gasteiger partial charge on any atom is -0.337 e. The first kappa shape index (κ1) is 21.5. The van der Waals surface area contributed by atoms with E-state index in [2.05, 4.69) is 20.7 Å². The maximum Gasteiger partial charge on any atom is 0.255 e. The highest BCUT2D eigenvalue weighted by molar-refractivity contribution is 9.10. The number of nitrogens with zero attached hydrogens (tertiary/aromatic N) is 1. The molecular weight excluding hydrogens is 435 g/mol. The van der Waals surface area contributed by atoms with E-state index in [4.69, 9.17) is 0 Å². The zero-order valence-corrected chi connectivity index (χ0v) is 18.0. The molecule has 0 heterocycles. The van der Waals surface area contributed by atoms with Crippen LogP contribution in [0.4, 0.5) is 4.39 Å². The van der Waals surface area contributed by atoms with Crippen molar-refractivity contribution in [3.8, 4) is 0 Å². The standard InChI is InChI=1S/C19H22BrFN2O3S/c1-19(2,3)22-27(25,26)14-9-10-16(20)15(11-14)18(24)23(4)12-13-7-5-6-8-17(13)21/h5-11,22H,12H2,1-4H3. The van der Waals surface area contributed by atoms with Gasteiger partial charge in [0.1, 0.15) is 5.82 Å². The van der Waals surface area contributed by atoms with E-state index in [0.717, 1.165) is 0 Å². The summed E-state index contributed by atoms with van der Waals surface area (Å²) in [6.45, 7) is 5.27. The molecule has 0 aromatic heterocycles. The minimum absolute atomic E-state index is 0.0109. The van der Waals surface area contributed by atoms with Gasteiger partial charge in [-0.2, -0.15) is 0 Å². The fraction of sp³-hybridized carbons (Fsp3) is 0.316. The SMILES string of the molecule is CN(Cc1ccccc1F)C(=O)c1cc(S(=O)(=O)NC(C)(C)C)ccc1Br. The molecule has 146 valence electrons. The average molecular weight is 457 g/mol. The third-order valence-electron chi connectivity index (χ3n) is 3.63. The van der Waals surface area contributed by atoms with Gasteiger partial charge in [-0.3, -0.25) is 4.79 Å². The van der Waals surface area contributed by atoms with Gasteiger partial charge in [0, 0.05) is 29.2 Å². The van der Waals surface area contributed by atoms with Crippen molar-refractivity contribution in [2.24, 2.45) is 0 Å². The van der Waals surface area contributed by atoms with Crippen molar-refractivity contribution in [3.63, 3.8) is 0 Å². The molecule has 27 heavy (non-hydrogen) atoms. The molecule has 0 spiro atoms. The van der Waals surface area contributed by atoms with Gasteiger partial charge in [-0.15, -0.1) is 0 Å². The van der Waals surface area contributed by atoms with E-state index >= 15 is 0 Å². The summed E-state index contributed by atoms with van der Waals surface area (Å²) < 4.78 is 41.9. The molecule has 1 amide bonds. The summed E-state index contributed by atoms with van der Waals surface area (Å²) >= 11 is 3.29. The van der Waals surface area contributed by atoms with E-state index in [1.807, 2.05) is 0 Å². The first-order chi connectivity index (χ1) is 12.4. The van der Waals surface area contributed by atoms with E-state index in [1.165, 1.54) is 36.2 Å². The Morgan fingerprint density at radius 2 is 1.81 bits per heavy atom. The number of sulfonamides is 1. The Labute approximate surface area is 167 Å². The third kappa shape index (κ3) is 5.60. The molecule has 5 nitrogen and oxygen atoms in total. The average Bonchev–Trinajstić information content (AvgIpc) is 2.54. The van der Waals surface area contributed by atoms with Crippen LogP contribution in [0.1, 0.15) is 36.7 Å². The predicted molar refractivity (Wildman–Crippen MR) is 106 cm³/mol. The van der Waals surface area contributed by atoms with Crippen LogP contribution in [0, 0.1) is 5.82 Å². The van der Waals surface area contributed by atoms with Gasteiger partial charge in [0.15, 0.2) is 0 Å². The van der Waals surface area contributed by atoms with Crippen LogP contribution in [-0.2, 0) is 16.6 Å². The normalized spacial score (nSPS) is 12.1. The van der Waals surface area contributed by atoms with E-state index in [1.54, 1.807) is 39.0 Å². The monoisotopic (exact) mass is 456 g/mol. The maximum atomic E-state index is 13.8. The minimum atomic E-state index is -3.78. The molecule has 2 rings (SSSR count). The van der Waals surface area contributed by atoms with Gasteiger partial charge in [0.2, 0.25) is 10.0 Å². The summed E-state index contributed by atoms with van der Waals surface area (Å²) in [4.78, 5) is 14.1. The number of carbonyl (C=O) groups is 1. The van der Waals surface area contributed by atoms with Crippen molar-refractivity contribution in [3.05, 3.63) is 63.9 Å². The lowest BCUT2D eigenvalue weighted by molar-refractivity contribution is 0.0782. The molecule has 0 aliphatic heterocycles. The largest absolute Gasteiger partial charge is 0.337 e. The Morgan fingerprint density at radius 1 is 1.19 bits per heavy atom. The van der Waals surface area contributed by atoms with E-state index in [9.17, 15) is 17.6 Å². The van der Waals surface area contributed by atoms with Crippen molar-refractivity contribution in [1.29, 1.82) is 0 Å². The van der Waals surface area contributed by atoms with Gasteiger partial charge in [-0.1, -0.05) is 18.2 Å². The first-order valence-corrected chi connectivity index (χ1v) is 10.5. The highest BCUT2D eigenvalue weighted by atomic mass is 79.9. The quantitative estimate of drug-likeness (QED) is 0.740. The maximum absolute atomic E-state index is 13.8. The lowest BCUT2D eigenvalue weighted by Crippen LogP contribution is -2.40. The number of rotatable bonds is 5. The zero-order chi connectivity index (χ0) is 20.4. The van der Waals surface area contributed by atoms with Crippen LogP contribution in [0.3, 0.4) is 0 Å². The smallest absolute Gasteiger partial charge is 0.255 e. The van der Waals surface area contributed by atoms with Crippen molar-refractivity contribution >= 4 is 31.9 Å². The molecule has 0 aliphatic carbocycles. The fourth-order valence-corrected chi connectivity index (χ4v) is 4.32. The molecule has 8 heteroatoms. The van der Waals surface area contributed by atoms with Crippen molar-refractivity contribution in [1.82, 2.24) is 9.62 Å². The molecular formula is C19H22BrFN2O3S. The van der Waals surface area contributed by atoms with E-state index in [-0.39, 0.29) is 17.0 Å². The van der Waals surface area contributed by atoms with Crippen LogP contribution >= 0.6 is 15.9 Å². The lowest BCUT2D eigenvalue weighted by Gasteiger charge is -2.22. The molecule has 1 N–H and O–H groups in total. The Bertz CT molecular complexity index is 956. The van der Waals surface area contributed by atoms with Gasteiger partial charge in [0.25, 0.3) is 5.91 Å². The molecule has 2 aromatic carbocycles. The number of hydrogen-bond acceptors (Lipinski definition) is 3. The Morgan fingerprint density at radius 3 is 2.41 bits per heavy atom. The topological polar surface area (TPSA) is 66.5 Å². The molecule has 0 radical (unpaired) electrons. The van der Waals surface area contributed by atoms with Crippen molar-refractivity contribution < 1.29 is 17.6 Å². The number of halogens is 2. The van der Waals surface area contributed by atoms with Gasteiger partial charge in [-0.25, -0.2) is 17.5 Å². The first-order valence-electron chi connectivity index (χ1n) is 8.23. The molecule has 0 atom stereocenters. The summed E-state index contributed by atoms with van der Waals surface area (Å²) in [6.07, 6.45) is 0. The fourth-order valence-electron chi connectivity index (χ4n) is 2.46. The second kappa shape index (κ2) is 8.08. The second-order valence-corrected chi connectivity index (χ2v) is 9.79. The van der Waals surface area contributed by atoms with E-state index in [0.29, 0.717) is 10.0 Å². The van der Waals surface area contributed by atoms with Crippen LogP contribution in [0.25, 0.3) is 0 Å². The van der Waals surface area contributed by atoms with Gasteiger partial charge >= 0.3 is 0 Å². The molecule has 2 aromatic rings. The van der Waals surface area contributed by atoms with Crippen molar-refractivity contribution in [2.75, 3.05) is 7.05 Å². The summed E-state index contributed by atoms with van der Waals surface area (Å²) in [7, 11) is -2.25. The Hall–Kier alpha value is -1.77. The third-order valence-corrected chi connectivity index (χ3v) is 6.08. The van der Waals surface area contributed by atoms with Crippen LogP contribution in [0.15, 0.2) is 51.8 Å². The highest BCUT2D eigenvalue weighted by Gasteiger charge is 2.24. The van der Waals surface area contributed by atoms with Gasteiger partial charge in [-0.05, 0) is 61.0 Å². The Kier molecular flexibility index (Phi) is 6.44. The van der Waals surface area contributed by atoms with Gasteiger partial charge < -0.3 is 4.90 Å². The lowest BCUT2D eigenvalue weighted by atomic mass is 10.1. The molecule has 0 saturated carbocycles. The number of benzene rings is 2. The number of nitrogens with one attached hydrogen (secondary N) is 1. The predicted octanol–water partition coefficient (Wildman–Crippen LogP) is 3.94. The van der Waals surface area contributed by atoms with Crippen molar-refractivity contribution in [2.45, 2.75) is 37.8 Å². The van der Waals surface area contributed by atoms with Crippen LogP contribution in [-0.4, -0.2) is 31.8 Å². The van der Waals surface area contributed by atoms with Gasteiger partial charge in [0.05, 0.1) is 10.5 Å². The molecule has 0 bridgehead atoms. The second-order valence-electron chi connectivity index (χ2n) is 7.25. The van der Waals surface area contributed by atoms with Crippen LogP contribution < -0.4 is 4.72 Å². The van der Waals surface area contributed by atoms with E-state index < -0.39 is 27.3 Å². The molecule has 0 aliphatic rings. The highest BCUT2D eigenvalue weighted by Crippen LogP contribution is 2.24. The Balaban J connectivity index is 2.32. The number of hydrogen-bond donors (Lipinski definition) is 1. The number of carbonyl (C=O) groups excluding carboxylic acids is 1. The summed E-state index contributed by atoms with van der Waals surface area (Å²) in [5.74, 6) is -0.820. The zero-order valence-electron chi connectivity index (χ0n) is 15.6. The summed E-state index contributed by atoms with van der Waals surface area (Å²) in [5.41, 5.74) is -0.0918. The molecule has 0 saturated heterocycles. The molecule has 0 fully saturated rings. The summed E-state index contributed by atoms with van der Waals surface area (Å²) in [6, 6.07) is 10.5.